The summed E-state index contributed by atoms with van der Waals surface area (Å²) in [7, 11) is 1.71. The first-order valence-corrected chi connectivity index (χ1v) is 6.50. The van der Waals surface area contributed by atoms with Gasteiger partial charge in [0.1, 0.15) is 5.75 Å². The molecule has 15 heavy (non-hydrogen) atoms. The van der Waals surface area contributed by atoms with E-state index in [4.69, 9.17) is 16.3 Å². The van der Waals surface area contributed by atoms with E-state index in [9.17, 15) is 0 Å². The van der Waals surface area contributed by atoms with Gasteiger partial charge in [0.15, 0.2) is 0 Å². The van der Waals surface area contributed by atoms with E-state index in [1.54, 1.807) is 7.11 Å². The molecule has 0 amide bonds. The molecule has 0 radical (unpaired) electrons. The standard InChI is InChI=1S/C12H16BrClO/c1-8-7-11(15-3)10(5-4-6-13)9(2)12(8)14/h7H,4-6H2,1-3H3. The van der Waals surface area contributed by atoms with Crippen LogP contribution in [0.2, 0.25) is 5.02 Å². The molecule has 0 unspecified atom stereocenters. The Balaban J connectivity index is 3.15. The van der Waals surface area contributed by atoms with Gasteiger partial charge in [-0.25, -0.2) is 0 Å². The second-order valence-corrected chi connectivity index (χ2v) is 4.78. The molecular formula is C12H16BrClO. The Morgan fingerprint density at radius 2 is 2.07 bits per heavy atom. The monoisotopic (exact) mass is 290 g/mol. The number of methoxy groups -OCH3 is 1. The minimum atomic E-state index is 0.861. The van der Waals surface area contributed by atoms with Crippen LogP contribution in [0.1, 0.15) is 23.1 Å². The van der Waals surface area contributed by atoms with Crippen LogP contribution in [0.25, 0.3) is 0 Å². The van der Waals surface area contributed by atoms with E-state index in [1.807, 2.05) is 13.0 Å². The summed E-state index contributed by atoms with van der Waals surface area (Å²) in [5, 5.41) is 1.86. The summed E-state index contributed by atoms with van der Waals surface area (Å²) in [4.78, 5) is 0. The number of alkyl halides is 1. The summed E-state index contributed by atoms with van der Waals surface area (Å²) in [5.74, 6) is 0.954. The van der Waals surface area contributed by atoms with Gasteiger partial charge in [-0.2, -0.15) is 0 Å². The smallest absolute Gasteiger partial charge is 0.122 e. The molecule has 1 aromatic rings. The quantitative estimate of drug-likeness (QED) is 0.752. The van der Waals surface area contributed by atoms with Crippen LogP contribution in [-0.4, -0.2) is 12.4 Å². The zero-order chi connectivity index (χ0) is 11.4. The molecule has 84 valence electrons. The van der Waals surface area contributed by atoms with Crippen LogP contribution < -0.4 is 4.74 Å². The number of rotatable bonds is 4. The van der Waals surface area contributed by atoms with Gasteiger partial charge in [-0.1, -0.05) is 27.5 Å². The number of halogens is 2. The SMILES string of the molecule is COc1cc(C)c(Cl)c(C)c1CCCBr. The predicted octanol–water partition coefficient (Wildman–Crippen LogP) is 4.29. The van der Waals surface area contributed by atoms with Crippen molar-refractivity contribution in [2.45, 2.75) is 26.7 Å². The van der Waals surface area contributed by atoms with Gasteiger partial charge in [-0.15, -0.1) is 0 Å². The lowest BCUT2D eigenvalue weighted by atomic mass is 10.0. The molecular weight excluding hydrogens is 275 g/mol. The Morgan fingerprint density at radius 1 is 1.40 bits per heavy atom. The van der Waals surface area contributed by atoms with Gasteiger partial charge in [-0.05, 0) is 49.4 Å². The maximum absolute atomic E-state index is 6.22. The van der Waals surface area contributed by atoms with Crippen molar-refractivity contribution in [3.8, 4) is 5.75 Å². The molecule has 0 bridgehead atoms. The molecule has 0 N–H and O–H groups in total. The lowest BCUT2D eigenvalue weighted by Crippen LogP contribution is -1.98. The number of hydrogen-bond donors (Lipinski definition) is 0. The molecule has 1 aromatic carbocycles. The second kappa shape index (κ2) is 5.76. The third-order valence-corrected chi connectivity index (χ3v) is 3.70. The van der Waals surface area contributed by atoms with E-state index < -0.39 is 0 Å². The first kappa shape index (κ1) is 12.9. The molecule has 0 saturated carbocycles. The Morgan fingerprint density at radius 3 is 2.60 bits per heavy atom. The Labute approximate surface area is 105 Å². The zero-order valence-electron chi connectivity index (χ0n) is 9.36. The maximum atomic E-state index is 6.22. The first-order chi connectivity index (χ1) is 7.11. The molecule has 0 spiro atoms. The van der Waals surface area contributed by atoms with Crippen molar-refractivity contribution >= 4 is 27.5 Å². The van der Waals surface area contributed by atoms with Crippen LogP contribution in [-0.2, 0) is 6.42 Å². The number of hydrogen-bond acceptors (Lipinski definition) is 1. The summed E-state index contributed by atoms with van der Waals surface area (Å²) >= 11 is 9.66. The van der Waals surface area contributed by atoms with E-state index >= 15 is 0 Å². The van der Waals surface area contributed by atoms with Gasteiger partial charge in [0.2, 0.25) is 0 Å². The van der Waals surface area contributed by atoms with Gasteiger partial charge in [0.05, 0.1) is 7.11 Å². The molecule has 0 atom stereocenters. The van der Waals surface area contributed by atoms with Crippen LogP contribution in [0.15, 0.2) is 6.07 Å². The van der Waals surface area contributed by atoms with Crippen LogP contribution in [0.4, 0.5) is 0 Å². The fourth-order valence-corrected chi connectivity index (χ4v) is 2.15. The molecule has 0 heterocycles. The molecule has 1 rings (SSSR count). The Bertz CT molecular complexity index is 350. The molecule has 0 saturated heterocycles. The van der Waals surface area contributed by atoms with Crippen LogP contribution in [0.3, 0.4) is 0 Å². The minimum Gasteiger partial charge on any atom is -0.496 e. The number of benzene rings is 1. The molecule has 0 aliphatic heterocycles. The highest BCUT2D eigenvalue weighted by Gasteiger charge is 2.11. The van der Waals surface area contributed by atoms with Gasteiger partial charge >= 0.3 is 0 Å². The van der Waals surface area contributed by atoms with E-state index in [-0.39, 0.29) is 0 Å². The van der Waals surface area contributed by atoms with Gasteiger partial charge in [0.25, 0.3) is 0 Å². The molecule has 0 aromatic heterocycles. The van der Waals surface area contributed by atoms with Crippen LogP contribution in [0, 0.1) is 13.8 Å². The average molecular weight is 292 g/mol. The highest BCUT2D eigenvalue weighted by atomic mass is 79.9. The minimum absolute atomic E-state index is 0.861. The molecule has 3 heteroatoms. The number of ether oxygens (including phenoxy) is 1. The van der Waals surface area contributed by atoms with E-state index in [0.717, 1.165) is 40.1 Å². The van der Waals surface area contributed by atoms with E-state index in [0.29, 0.717) is 0 Å². The van der Waals surface area contributed by atoms with Crippen molar-refractivity contribution < 1.29 is 4.74 Å². The third kappa shape index (κ3) is 2.88. The fraction of sp³-hybridized carbons (Fsp3) is 0.500. The molecule has 0 aliphatic rings. The Kier molecular flexibility index (Phi) is 4.94. The topological polar surface area (TPSA) is 9.23 Å². The van der Waals surface area contributed by atoms with Crippen molar-refractivity contribution in [2.75, 3.05) is 12.4 Å². The average Bonchev–Trinajstić information content (AvgIpc) is 2.24. The van der Waals surface area contributed by atoms with Gasteiger partial charge < -0.3 is 4.74 Å². The van der Waals surface area contributed by atoms with Gasteiger partial charge in [-0.3, -0.25) is 0 Å². The van der Waals surface area contributed by atoms with Crippen molar-refractivity contribution in [3.63, 3.8) is 0 Å². The second-order valence-electron chi connectivity index (χ2n) is 3.61. The lowest BCUT2D eigenvalue weighted by molar-refractivity contribution is 0.408. The van der Waals surface area contributed by atoms with Crippen molar-refractivity contribution in [1.82, 2.24) is 0 Å². The summed E-state index contributed by atoms with van der Waals surface area (Å²) in [6.45, 7) is 4.06. The molecule has 0 aliphatic carbocycles. The highest BCUT2D eigenvalue weighted by molar-refractivity contribution is 9.09. The summed E-state index contributed by atoms with van der Waals surface area (Å²) in [6, 6.07) is 2.01. The van der Waals surface area contributed by atoms with Crippen LogP contribution in [0.5, 0.6) is 5.75 Å². The maximum Gasteiger partial charge on any atom is 0.122 e. The lowest BCUT2D eigenvalue weighted by Gasteiger charge is -2.14. The molecule has 1 nitrogen and oxygen atoms in total. The van der Waals surface area contributed by atoms with Crippen molar-refractivity contribution in [1.29, 1.82) is 0 Å². The zero-order valence-corrected chi connectivity index (χ0v) is 11.7. The summed E-state index contributed by atoms with van der Waals surface area (Å²) in [5.41, 5.74) is 3.45. The predicted molar refractivity (Wildman–Crippen MR) is 69.6 cm³/mol. The van der Waals surface area contributed by atoms with E-state index in [1.165, 1.54) is 5.56 Å². The summed E-state index contributed by atoms with van der Waals surface area (Å²) in [6.07, 6.45) is 2.09. The van der Waals surface area contributed by atoms with E-state index in [2.05, 4.69) is 22.9 Å². The number of aryl methyl sites for hydroxylation is 1. The summed E-state index contributed by atoms with van der Waals surface area (Å²) < 4.78 is 5.39. The van der Waals surface area contributed by atoms with Crippen molar-refractivity contribution in [2.24, 2.45) is 0 Å². The highest BCUT2D eigenvalue weighted by Crippen LogP contribution is 2.32. The Hall–Kier alpha value is -0.210. The van der Waals surface area contributed by atoms with Crippen molar-refractivity contribution in [3.05, 3.63) is 27.8 Å². The normalized spacial score (nSPS) is 10.5. The largest absolute Gasteiger partial charge is 0.496 e. The fourth-order valence-electron chi connectivity index (χ4n) is 1.70. The third-order valence-electron chi connectivity index (χ3n) is 2.55. The first-order valence-electron chi connectivity index (χ1n) is 5.00. The van der Waals surface area contributed by atoms with Gasteiger partial charge in [0, 0.05) is 10.4 Å². The van der Waals surface area contributed by atoms with Crippen LogP contribution >= 0.6 is 27.5 Å². The molecule has 0 fully saturated rings.